The fraction of sp³-hybridized carbons (Fsp3) is 0.0800. The molecule has 0 saturated heterocycles. The van der Waals surface area contributed by atoms with Gasteiger partial charge in [-0.05, 0) is 42.0 Å². The van der Waals surface area contributed by atoms with E-state index in [1.807, 2.05) is 24.3 Å². The maximum Gasteiger partial charge on any atom is 0.355 e. The van der Waals surface area contributed by atoms with Crippen LogP contribution < -0.4 is 19.6 Å². The number of methoxy groups -OCH3 is 1. The van der Waals surface area contributed by atoms with Crippen molar-refractivity contribution in [2.45, 2.75) is 0 Å². The number of carbonyl (C=O) groups is 2. The van der Waals surface area contributed by atoms with E-state index in [4.69, 9.17) is 25.8 Å². The van der Waals surface area contributed by atoms with E-state index >= 15 is 0 Å². The zero-order valence-electron chi connectivity index (χ0n) is 19.2. The van der Waals surface area contributed by atoms with Crippen molar-refractivity contribution in [2.75, 3.05) is 13.7 Å². The van der Waals surface area contributed by atoms with Gasteiger partial charge in [0.1, 0.15) is 10.6 Å². The zero-order valence-corrected chi connectivity index (χ0v) is 20.7. The van der Waals surface area contributed by atoms with Gasteiger partial charge in [-0.3, -0.25) is 14.9 Å². The molecule has 0 saturated carbocycles. The molecule has 37 heavy (non-hydrogen) atoms. The molecule has 4 rings (SSSR count). The van der Waals surface area contributed by atoms with Crippen LogP contribution in [0, 0.1) is 10.1 Å². The molecule has 10 nitrogen and oxygen atoms in total. The molecule has 0 aliphatic heterocycles. The molecule has 1 heterocycles. The van der Waals surface area contributed by atoms with Gasteiger partial charge in [0.05, 0.1) is 23.3 Å². The summed E-state index contributed by atoms with van der Waals surface area (Å²) < 4.78 is 17.0. The molecule has 188 valence electrons. The molecule has 3 aromatic carbocycles. The van der Waals surface area contributed by atoms with Gasteiger partial charge in [-0.15, -0.1) is 11.3 Å². The Kier molecular flexibility index (Phi) is 7.96. The Hall–Kier alpha value is -4.48. The molecule has 0 atom stereocenters. The van der Waals surface area contributed by atoms with Crippen LogP contribution in [-0.2, 0) is 4.79 Å². The van der Waals surface area contributed by atoms with Crippen LogP contribution >= 0.6 is 22.9 Å². The lowest BCUT2D eigenvalue weighted by Crippen LogP contribution is -2.24. The standard InChI is InChI=1S/C25H18ClN3O7S/c1-34-20-12-15(13-27-28-22(30)14-35-17-9-7-16(8-10-17)29(32)33)6-11-19(20)36-25(31)24-23(26)18-4-2-3-5-21(18)37-24/h2-13H,14H2,1H3,(H,28,30)/b27-13+. The van der Waals surface area contributed by atoms with Gasteiger partial charge in [-0.2, -0.15) is 5.10 Å². The van der Waals surface area contributed by atoms with Crippen molar-refractivity contribution in [3.63, 3.8) is 0 Å². The van der Waals surface area contributed by atoms with Crippen LogP contribution in [0.4, 0.5) is 5.69 Å². The summed E-state index contributed by atoms with van der Waals surface area (Å²) in [5.41, 5.74) is 2.79. The average molecular weight is 540 g/mol. The van der Waals surface area contributed by atoms with Crippen molar-refractivity contribution in [3.8, 4) is 17.2 Å². The van der Waals surface area contributed by atoms with Crippen molar-refractivity contribution >= 4 is 56.8 Å². The number of esters is 1. The highest BCUT2D eigenvalue weighted by atomic mass is 35.5. The molecule has 0 bridgehead atoms. The molecule has 12 heteroatoms. The Morgan fingerprint density at radius 1 is 1.11 bits per heavy atom. The molecule has 1 aromatic heterocycles. The number of hydrogen-bond acceptors (Lipinski definition) is 9. The van der Waals surface area contributed by atoms with Crippen LogP contribution in [0.5, 0.6) is 17.2 Å². The minimum atomic E-state index is -0.605. The molecule has 0 aliphatic carbocycles. The summed E-state index contributed by atoms with van der Waals surface area (Å²) in [5, 5.41) is 15.7. The topological polar surface area (TPSA) is 129 Å². The first-order chi connectivity index (χ1) is 17.9. The SMILES string of the molecule is COc1cc(/C=N/NC(=O)COc2ccc([N+](=O)[O-])cc2)ccc1OC(=O)c1sc2ccccc2c1Cl. The summed E-state index contributed by atoms with van der Waals surface area (Å²) in [6, 6.07) is 17.5. The normalized spacial score (nSPS) is 10.9. The minimum Gasteiger partial charge on any atom is -0.493 e. The van der Waals surface area contributed by atoms with Crippen molar-refractivity contribution in [1.29, 1.82) is 0 Å². The Morgan fingerprint density at radius 3 is 2.57 bits per heavy atom. The maximum absolute atomic E-state index is 12.7. The number of amides is 1. The number of hydrogen-bond donors (Lipinski definition) is 1. The van der Waals surface area contributed by atoms with E-state index in [-0.39, 0.29) is 28.7 Å². The first-order valence-electron chi connectivity index (χ1n) is 10.6. The van der Waals surface area contributed by atoms with Crippen molar-refractivity contribution in [1.82, 2.24) is 5.43 Å². The second-order valence-electron chi connectivity index (χ2n) is 7.37. The predicted molar refractivity (Wildman–Crippen MR) is 139 cm³/mol. The van der Waals surface area contributed by atoms with Gasteiger partial charge in [0.15, 0.2) is 18.1 Å². The number of hydrazone groups is 1. The van der Waals surface area contributed by atoms with Crippen molar-refractivity contribution < 1.29 is 28.7 Å². The van der Waals surface area contributed by atoms with E-state index in [9.17, 15) is 19.7 Å². The summed E-state index contributed by atoms with van der Waals surface area (Å²) in [6.45, 7) is -0.340. The molecule has 1 N–H and O–H groups in total. The van der Waals surface area contributed by atoms with E-state index in [1.165, 1.54) is 48.9 Å². The summed E-state index contributed by atoms with van der Waals surface area (Å²) in [6.07, 6.45) is 1.38. The van der Waals surface area contributed by atoms with E-state index in [2.05, 4.69) is 10.5 Å². The lowest BCUT2D eigenvalue weighted by molar-refractivity contribution is -0.384. The van der Waals surface area contributed by atoms with E-state index in [0.717, 1.165) is 10.1 Å². The van der Waals surface area contributed by atoms with Crippen LogP contribution in [0.15, 0.2) is 71.8 Å². The Labute approximate surface area is 219 Å². The van der Waals surface area contributed by atoms with Crippen molar-refractivity contribution in [3.05, 3.63) is 92.3 Å². The predicted octanol–water partition coefficient (Wildman–Crippen LogP) is 5.22. The van der Waals surface area contributed by atoms with Crippen molar-refractivity contribution in [2.24, 2.45) is 5.10 Å². The van der Waals surface area contributed by atoms with Crippen LogP contribution in [0.2, 0.25) is 5.02 Å². The number of nitrogens with zero attached hydrogens (tertiary/aromatic N) is 2. The highest BCUT2D eigenvalue weighted by Crippen LogP contribution is 2.37. The van der Waals surface area contributed by atoms with Crippen LogP contribution in [0.1, 0.15) is 15.2 Å². The fourth-order valence-corrected chi connectivity index (χ4v) is 4.55. The average Bonchev–Trinajstić information content (AvgIpc) is 3.25. The molecular weight excluding hydrogens is 522 g/mol. The number of thiophene rings is 1. The molecule has 0 radical (unpaired) electrons. The molecule has 1 amide bonds. The third-order valence-corrected chi connectivity index (χ3v) is 6.59. The van der Waals surface area contributed by atoms with Crippen LogP contribution in [-0.4, -0.2) is 36.7 Å². The maximum atomic E-state index is 12.7. The van der Waals surface area contributed by atoms with Gasteiger partial charge in [-0.25, -0.2) is 10.2 Å². The zero-order chi connectivity index (χ0) is 26.4. The number of fused-ring (bicyclic) bond motifs is 1. The number of benzene rings is 3. The highest BCUT2D eigenvalue weighted by molar-refractivity contribution is 7.21. The smallest absolute Gasteiger partial charge is 0.355 e. The number of carbonyl (C=O) groups excluding carboxylic acids is 2. The second kappa shape index (κ2) is 11.5. The van der Waals surface area contributed by atoms with Gasteiger partial charge in [0.2, 0.25) is 0 Å². The summed E-state index contributed by atoms with van der Waals surface area (Å²) in [7, 11) is 1.43. The molecule has 0 fully saturated rings. The lowest BCUT2D eigenvalue weighted by Gasteiger charge is -2.09. The van der Waals surface area contributed by atoms with Crippen LogP contribution in [0.3, 0.4) is 0 Å². The lowest BCUT2D eigenvalue weighted by atomic mass is 10.2. The number of non-ortho nitro benzene ring substituents is 1. The number of ether oxygens (including phenoxy) is 3. The Bertz CT molecular complexity index is 1500. The molecule has 0 aliphatic rings. The number of halogens is 1. The summed E-state index contributed by atoms with van der Waals surface area (Å²) in [4.78, 5) is 35.1. The third-order valence-electron chi connectivity index (χ3n) is 4.93. The van der Waals surface area contributed by atoms with E-state index < -0.39 is 16.8 Å². The second-order valence-corrected chi connectivity index (χ2v) is 8.80. The first kappa shape index (κ1) is 25.6. The molecule has 4 aromatic rings. The Morgan fingerprint density at radius 2 is 1.86 bits per heavy atom. The van der Waals surface area contributed by atoms with Gasteiger partial charge >= 0.3 is 5.97 Å². The number of nitrogens with one attached hydrogen (secondary N) is 1. The van der Waals surface area contributed by atoms with Gasteiger partial charge in [0.25, 0.3) is 11.6 Å². The summed E-state index contributed by atoms with van der Waals surface area (Å²) in [5.74, 6) is -0.365. The Balaban J connectivity index is 1.34. The largest absolute Gasteiger partial charge is 0.493 e. The van der Waals surface area contributed by atoms with Gasteiger partial charge in [0, 0.05) is 22.2 Å². The summed E-state index contributed by atoms with van der Waals surface area (Å²) >= 11 is 7.61. The number of rotatable bonds is 9. The first-order valence-corrected chi connectivity index (χ1v) is 11.8. The van der Waals surface area contributed by atoms with E-state index in [1.54, 1.807) is 18.2 Å². The van der Waals surface area contributed by atoms with E-state index in [0.29, 0.717) is 16.3 Å². The van der Waals surface area contributed by atoms with Crippen LogP contribution in [0.25, 0.3) is 10.1 Å². The fourth-order valence-electron chi connectivity index (χ4n) is 3.16. The highest BCUT2D eigenvalue weighted by Gasteiger charge is 2.20. The minimum absolute atomic E-state index is 0.0819. The van der Waals surface area contributed by atoms with Gasteiger partial charge in [-0.1, -0.05) is 29.8 Å². The monoisotopic (exact) mass is 539 g/mol. The van der Waals surface area contributed by atoms with Gasteiger partial charge < -0.3 is 14.2 Å². The quantitative estimate of drug-likeness (QED) is 0.101. The molecule has 0 spiro atoms. The third kappa shape index (κ3) is 6.21. The molecule has 0 unspecified atom stereocenters. The number of nitro groups is 1. The molecular formula is C25H18ClN3O7S. The number of nitro benzene ring substituents is 1.